The number of hydrogen-bond acceptors (Lipinski definition) is 4. The lowest BCUT2D eigenvalue weighted by atomic mass is 9.86. The quantitative estimate of drug-likeness (QED) is 0.307. The Morgan fingerprint density at radius 2 is 1.41 bits per heavy atom. The molecule has 0 bridgehead atoms. The molecule has 4 aromatic rings. The molecule has 0 aliphatic heterocycles. The maximum Gasteiger partial charge on any atom is 0.313 e. The van der Waals surface area contributed by atoms with Crippen LogP contribution in [0, 0.1) is 0 Å². The summed E-state index contributed by atoms with van der Waals surface area (Å²) in [7, 11) is 0. The second-order valence-corrected chi connectivity index (χ2v) is 7.16. The van der Waals surface area contributed by atoms with Crippen LogP contribution in [0.3, 0.4) is 0 Å². The zero-order chi connectivity index (χ0) is 20.4. The molecule has 0 N–H and O–H groups in total. The molecule has 4 aromatic carbocycles. The number of carbonyl (C=O) groups excluding carboxylic acids is 2. The van der Waals surface area contributed by atoms with Crippen molar-refractivity contribution in [2.45, 2.75) is 32.6 Å². The van der Waals surface area contributed by atoms with Gasteiger partial charge in [-0.05, 0) is 58.1 Å². The van der Waals surface area contributed by atoms with E-state index in [2.05, 4.69) is 48.5 Å². The average Bonchev–Trinajstić information content (AvgIpc) is 2.73. The van der Waals surface area contributed by atoms with Gasteiger partial charge in [0.05, 0.1) is 19.1 Å². The molecule has 0 amide bonds. The molecule has 0 fully saturated rings. The van der Waals surface area contributed by atoms with E-state index in [9.17, 15) is 9.59 Å². The summed E-state index contributed by atoms with van der Waals surface area (Å²) < 4.78 is 10.4. The fourth-order valence-electron chi connectivity index (χ4n) is 4.20. The standard InChI is InChI=1S/C25H24O4/c1-3-28-22(26)15-14-21(25(27)29-4-2)19-12-10-18-9-8-16-6-5-7-17-11-13-20(19)24(18)23(16)17/h5-13,21H,3-4,14-15H2,1-2H3. The Morgan fingerprint density at radius 3 is 2.10 bits per heavy atom. The molecule has 0 aliphatic carbocycles. The highest BCUT2D eigenvalue weighted by Gasteiger charge is 2.26. The largest absolute Gasteiger partial charge is 0.466 e. The van der Waals surface area contributed by atoms with Gasteiger partial charge in [-0.3, -0.25) is 9.59 Å². The Morgan fingerprint density at radius 1 is 0.793 bits per heavy atom. The monoisotopic (exact) mass is 388 g/mol. The molecule has 4 rings (SSSR count). The molecule has 0 aromatic heterocycles. The summed E-state index contributed by atoms with van der Waals surface area (Å²) >= 11 is 0. The highest BCUT2D eigenvalue weighted by atomic mass is 16.5. The van der Waals surface area contributed by atoms with Crippen molar-refractivity contribution in [2.75, 3.05) is 13.2 Å². The van der Waals surface area contributed by atoms with Crippen LogP contribution in [0.1, 0.15) is 38.2 Å². The Kier molecular flexibility index (Phi) is 5.34. The van der Waals surface area contributed by atoms with Gasteiger partial charge < -0.3 is 9.47 Å². The Labute approximate surface area is 169 Å². The zero-order valence-corrected chi connectivity index (χ0v) is 16.7. The van der Waals surface area contributed by atoms with Crippen LogP contribution in [0.25, 0.3) is 32.3 Å². The first-order valence-electron chi connectivity index (χ1n) is 10.1. The van der Waals surface area contributed by atoms with Crippen molar-refractivity contribution in [3.8, 4) is 0 Å². The third-order valence-corrected chi connectivity index (χ3v) is 5.45. The van der Waals surface area contributed by atoms with E-state index in [0.717, 1.165) is 21.7 Å². The van der Waals surface area contributed by atoms with Gasteiger partial charge in [0, 0.05) is 6.42 Å². The van der Waals surface area contributed by atoms with Gasteiger partial charge in [-0.1, -0.05) is 54.6 Å². The topological polar surface area (TPSA) is 52.6 Å². The summed E-state index contributed by atoms with van der Waals surface area (Å²) in [5.74, 6) is -1.10. The van der Waals surface area contributed by atoms with Crippen molar-refractivity contribution >= 4 is 44.3 Å². The number of esters is 2. The summed E-state index contributed by atoms with van der Waals surface area (Å²) in [4.78, 5) is 24.7. The second-order valence-electron chi connectivity index (χ2n) is 7.16. The summed E-state index contributed by atoms with van der Waals surface area (Å²) in [6.07, 6.45) is 0.543. The van der Waals surface area contributed by atoms with Crippen LogP contribution < -0.4 is 0 Å². The van der Waals surface area contributed by atoms with Gasteiger partial charge in [-0.15, -0.1) is 0 Å². The van der Waals surface area contributed by atoms with Gasteiger partial charge in [-0.25, -0.2) is 0 Å². The first kappa shape index (κ1) is 19.2. The number of rotatable bonds is 7. The van der Waals surface area contributed by atoms with Crippen molar-refractivity contribution in [3.05, 3.63) is 60.2 Å². The molecule has 0 aliphatic rings. The molecular formula is C25H24O4. The van der Waals surface area contributed by atoms with Crippen molar-refractivity contribution in [1.29, 1.82) is 0 Å². The fourth-order valence-corrected chi connectivity index (χ4v) is 4.20. The van der Waals surface area contributed by atoms with E-state index in [1.807, 2.05) is 6.07 Å². The third kappa shape index (κ3) is 3.51. The number of benzene rings is 4. The first-order valence-corrected chi connectivity index (χ1v) is 10.1. The van der Waals surface area contributed by atoms with E-state index < -0.39 is 5.92 Å². The molecule has 148 valence electrons. The minimum absolute atomic E-state index is 0.180. The van der Waals surface area contributed by atoms with Gasteiger partial charge in [0.2, 0.25) is 0 Å². The molecule has 29 heavy (non-hydrogen) atoms. The smallest absolute Gasteiger partial charge is 0.313 e. The molecule has 0 saturated carbocycles. The van der Waals surface area contributed by atoms with E-state index in [0.29, 0.717) is 19.6 Å². The SMILES string of the molecule is CCOC(=O)CCC(C(=O)OCC)c1ccc2ccc3cccc4ccc1c2c34. The molecule has 4 nitrogen and oxygen atoms in total. The van der Waals surface area contributed by atoms with E-state index >= 15 is 0 Å². The Hall–Kier alpha value is -3.14. The summed E-state index contributed by atoms with van der Waals surface area (Å²) in [5.41, 5.74) is 0.901. The molecule has 0 heterocycles. The fraction of sp³-hybridized carbons (Fsp3) is 0.280. The van der Waals surface area contributed by atoms with Crippen LogP contribution in [-0.4, -0.2) is 25.2 Å². The van der Waals surface area contributed by atoms with Crippen LogP contribution in [-0.2, 0) is 19.1 Å². The molecule has 1 unspecified atom stereocenters. The number of ether oxygens (including phenoxy) is 2. The van der Waals surface area contributed by atoms with Crippen LogP contribution >= 0.6 is 0 Å². The maximum absolute atomic E-state index is 12.8. The molecule has 4 heteroatoms. The van der Waals surface area contributed by atoms with Gasteiger partial charge in [0.15, 0.2) is 0 Å². The molecule has 1 atom stereocenters. The van der Waals surface area contributed by atoms with Gasteiger partial charge >= 0.3 is 11.9 Å². The number of carbonyl (C=O) groups is 2. The molecular weight excluding hydrogens is 364 g/mol. The third-order valence-electron chi connectivity index (χ3n) is 5.45. The van der Waals surface area contributed by atoms with Crippen LogP contribution in [0.4, 0.5) is 0 Å². The lowest BCUT2D eigenvalue weighted by molar-refractivity contribution is -0.146. The second kappa shape index (κ2) is 8.08. The minimum Gasteiger partial charge on any atom is -0.466 e. The molecule has 0 saturated heterocycles. The summed E-state index contributed by atoms with van der Waals surface area (Å²) in [6.45, 7) is 4.22. The Bertz CT molecular complexity index is 1160. The van der Waals surface area contributed by atoms with Crippen molar-refractivity contribution < 1.29 is 19.1 Å². The first-order chi connectivity index (χ1) is 14.1. The van der Waals surface area contributed by atoms with Gasteiger partial charge in [0.1, 0.15) is 0 Å². The Balaban J connectivity index is 1.86. The van der Waals surface area contributed by atoms with Gasteiger partial charge in [-0.2, -0.15) is 0 Å². The average molecular weight is 388 g/mol. The van der Waals surface area contributed by atoms with Crippen molar-refractivity contribution in [1.82, 2.24) is 0 Å². The lowest BCUT2D eigenvalue weighted by Crippen LogP contribution is -2.18. The normalized spacial score (nSPS) is 12.5. The van der Waals surface area contributed by atoms with Crippen molar-refractivity contribution in [3.63, 3.8) is 0 Å². The zero-order valence-electron chi connectivity index (χ0n) is 16.7. The summed E-state index contributed by atoms with van der Waals surface area (Å²) in [5, 5.41) is 6.89. The maximum atomic E-state index is 12.8. The van der Waals surface area contributed by atoms with Gasteiger partial charge in [0.25, 0.3) is 0 Å². The van der Waals surface area contributed by atoms with E-state index in [-0.39, 0.29) is 18.4 Å². The highest BCUT2D eigenvalue weighted by Crippen LogP contribution is 2.39. The lowest BCUT2D eigenvalue weighted by Gasteiger charge is -2.20. The van der Waals surface area contributed by atoms with Crippen LogP contribution in [0.2, 0.25) is 0 Å². The van der Waals surface area contributed by atoms with E-state index in [1.54, 1.807) is 13.8 Å². The molecule has 0 radical (unpaired) electrons. The predicted molar refractivity (Wildman–Crippen MR) is 115 cm³/mol. The summed E-state index contributed by atoms with van der Waals surface area (Å²) in [6, 6.07) is 18.8. The van der Waals surface area contributed by atoms with Crippen molar-refractivity contribution in [2.24, 2.45) is 0 Å². The number of hydrogen-bond donors (Lipinski definition) is 0. The van der Waals surface area contributed by atoms with E-state index in [4.69, 9.17) is 9.47 Å². The minimum atomic E-state index is -0.510. The van der Waals surface area contributed by atoms with Crippen LogP contribution in [0.15, 0.2) is 54.6 Å². The van der Waals surface area contributed by atoms with Crippen LogP contribution in [0.5, 0.6) is 0 Å². The molecule has 0 spiro atoms. The predicted octanol–water partition coefficient (Wildman–Crippen LogP) is 5.57. The highest BCUT2D eigenvalue weighted by molar-refractivity contribution is 6.23. The van der Waals surface area contributed by atoms with E-state index in [1.165, 1.54) is 16.2 Å².